The van der Waals surface area contributed by atoms with Gasteiger partial charge in [-0.15, -0.1) is 12.8 Å². The number of alkyl halides is 6. The third-order valence-electron chi connectivity index (χ3n) is 9.95. The predicted octanol–water partition coefficient (Wildman–Crippen LogP) is 9.17. The number of carbonyl (C=O) groups excluding carboxylic acids is 1. The van der Waals surface area contributed by atoms with Crippen LogP contribution in [0.5, 0.6) is 0 Å². The van der Waals surface area contributed by atoms with E-state index < -0.39 is 31.2 Å². The summed E-state index contributed by atoms with van der Waals surface area (Å²) >= 11 is 0. The summed E-state index contributed by atoms with van der Waals surface area (Å²) in [7, 11) is 0. The normalized spacial score (nSPS) is 13.2. The van der Waals surface area contributed by atoms with Gasteiger partial charge < -0.3 is 15.7 Å². The summed E-state index contributed by atoms with van der Waals surface area (Å²) in [6.07, 6.45) is 9.37. The molecule has 11 nitrogen and oxygen atoms in total. The van der Waals surface area contributed by atoms with E-state index in [0.29, 0.717) is 45.8 Å². The van der Waals surface area contributed by atoms with Crippen LogP contribution in [0.15, 0.2) is 61.2 Å². The number of carbonyl (C=O) groups is 2. The molecule has 0 bridgehead atoms. The summed E-state index contributed by atoms with van der Waals surface area (Å²) < 4.78 is 78.2. The van der Waals surface area contributed by atoms with E-state index in [0.717, 1.165) is 24.0 Å². The van der Waals surface area contributed by atoms with Crippen molar-refractivity contribution in [1.29, 1.82) is 0 Å². The highest BCUT2D eigenvalue weighted by atomic mass is 19.4. The third-order valence-corrected chi connectivity index (χ3v) is 9.95. The Kier molecular flexibility index (Phi) is 11.9. The van der Waals surface area contributed by atoms with Gasteiger partial charge in [0.15, 0.2) is 28.7 Å². The van der Waals surface area contributed by atoms with E-state index in [9.17, 15) is 35.9 Å². The van der Waals surface area contributed by atoms with Gasteiger partial charge in [-0.3, -0.25) is 13.6 Å². The topological polar surface area (TPSA) is 139 Å². The number of aromatic carboxylic acids is 1. The largest absolute Gasteiger partial charge is 0.478 e. The average molecular weight is 829 g/mol. The van der Waals surface area contributed by atoms with Gasteiger partial charge in [0.05, 0.1) is 42.2 Å². The summed E-state index contributed by atoms with van der Waals surface area (Å²) in [4.78, 5) is 40.8. The van der Waals surface area contributed by atoms with Crippen molar-refractivity contribution in [2.45, 2.75) is 65.2 Å². The van der Waals surface area contributed by atoms with Crippen molar-refractivity contribution in [2.75, 3.05) is 23.7 Å². The van der Waals surface area contributed by atoms with Crippen LogP contribution in [0.25, 0.3) is 33.8 Å². The molecular weight excluding hydrogens is 791 g/mol. The number of rotatable bonds is 12. The second-order valence-electron chi connectivity index (χ2n) is 14.8. The van der Waals surface area contributed by atoms with Crippen LogP contribution in [0, 0.1) is 44.0 Å². The first-order valence-corrected chi connectivity index (χ1v) is 18.6. The fourth-order valence-corrected chi connectivity index (χ4v) is 6.50. The number of benzene rings is 2. The summed E-state index contributed by atoms with van der Waals surface area (Å²) in [6.45, 7) is 5.00. The van der Waals surface area contributed by atoms with Gasteiger partial charge >= 0.3 is 18.3 Å². The Morgan fingerprint density at radius 1 is 0.767 bits per heavy atom. The highest BCUT2D eigenvalue weighted by Gasteiger charge is 2.39. The smallest absolute Gasteiger partial charge is 0.390 e. The molecule has 0 unspecified atom stereocenters. The Morgan fingerprint density at radius 2 is 1.20 bits per heavy atom. The highest BCUT2D eigenvalue weighted by molar-refractivity contribution is 5.98. The lowest BCUT2D eigenvalue weighted by atomic mass is 9.93. The molecule has 60 heavy (non-hydrogen) atoms. The van der Waals surface area contributed by atoms with Crippen molar-refractivity contribution in [3.8, 4) is 47.2 Å². The lowest BCUT2D eigenvalue weighted by molar-refractivity contribution is -0.132. The van der Waals surface area contributed by atoms with E-state index in [1.54, 1.807) is 46.4 Å². The summed E-state index contributed by atoms with van der Waals surface area (Å²) in [6, 6.07) is 10.4. The number of aryl methyl sites for hydroxylation is 2. The number of nitrogens with one attached hydrogen (secondary N) is 2. The monoisotopic (exact) mass is 828 g/mol. The van der Waals surface area contributed by atoms with E-state index in [-0.39, 0.29) is 52.9 Å². The molecule has 0 atom stereocenters. The molecule has 1 aliphatic carbocycles. The zero-order valence-corrected chi connectivity index (χ0v) is 32.6. The van der Waals surface area contributed by atoms with Crippen LogP contribution in [0.2, 0.25) is 0 Å². The second-order valence-corrected chi connectivity index (χ2v) is 14.8. The first kappa shape index (κ1) is 42.7. The average Bonchev–Trinajstić information content (AvgIpc) is 3.53. The predicted molar refractivity (Wildman–Crippen MR) is 214 cm³/mol. The highest BCUT2D eigenvalue weighted by Crippen LogP contribution is 2.49. The molecule has 3 N–H and O–H groups in total. The first-order valence-electron chi connectivity index (χ1n) is 18.6. The standard InChI is InChI=1S/C24H23F3N4O.C19H15F3N4O2/c1-4-17-14-31-19(13-29-22(31)21(30-17)28-10-9-24(25,26)27)16-5-6-18(15(2)11-16)20(32)12-23(3)7-8-23;1-3-13-10-26-15(12-4-5-14(18(27)28)11(2)8-12)9-24-17(26)16(25-13)23-7-6-19(20,21)22/h1,5-6,11,13-14H,7-10,12H2,2-3H3,(H,28,30);1,4-5,8-10H,6-7H2,2H3,(H,23,25)(H,27,28). The lowest BCUT2D eigenvalue weighted by Gasteiger charge is -2.12. The number of ketones is 1. The van der Waals surface area contributed by atoms with Gasteiger partial charge in [-0.05, 0) is 73.3 Å². The van der Waals surface area contributed by atoms with Crippen molar-refractivity contribution in [3.63, 3.8) is 0 Å². The van der Waals surface area contributed by atoms with Crippen molar-refractivity contribution in [1.82, 2.24) is 28.7 Å². The number of carboxylic acids is 1. The molecule has 6 aromatic rings. The number of aromatic nitrogens is 6. The molecular formula is C43H38F6N8O3. The van der Waals surface area contributed by atoms with Crippen LogP contribution in [0.4, 0.5) is 38.0 Å². The molecule has 0 spiro atoms. The third kappa shape index (κ3) is 10.0. The number of anilines is 2. The van der Waals surface area contributed by atoms with Crippen LogP contribution in [-0.4, -0.2) is 71.0 Å². The molecule has 4 aromatic heterocycles. The minimum absolute atomic E-state index is 0.137. The molecule has 1 fully saturated rings. The minimum Gasteiger partial charge on any atom is -0.478 e. The van der Waals surface area contributed by atoms with Gasteiger partial charge in [0.2, 0.25) is 0 Å². The van der Waals surface area contributed by atoms with E-state index in [1.165, 1.54) is 12.3 Å². The number of hydrogen-bond donors (Lipinski definition) is 3. The zero-order chi connectivity index (χ0) is 43.6. The van der Waals surface area contributed by atoms with Crippen molar-refractivity contribution >= 4 is 34.7 Å². The number of carboxylic acid groups (broad SMARTS) is 1. The number of Topliss-reactive ketones (excluding diaryl/α,β-unsaturated/α-hetero) is 1. The fourth-order valence-electron chi connectivity index (χ4n) is 6.50. The van der Waals surface area contributed by atoms with E-state index in [1.807, 2.05) is 25.1 Å². The number of terminal acetylenes is 2. The quantitative estimate of drug-likeness (QED) is 0.0626. The maximum Gasteiger partial charge on any atom is 0.390 e. The molecule has 17 heteroatoms. The molecule has 1 aliphatic rings. The number of hydrogen-bond acceptors (Lipinski definition) is 8. The molecule has 0 aliphatic heterocycles. The van der Waals surface area contributed by atoms with Crippen molar-refractivity contribution < 1.29 is 41.0 Å². The minimum atomic E-state index is -4.29. The van der Waals surface area contributed by atoms with Crippen LogP contribution in [0.3, 0.4) is 0 Å². The molecule has 1 saturated carbocycles. The molecule has 2 aromatic carbocycles. The Morgan fingerprint density at radius 3 is 1.57 bits per heavy atom. The van der Waals surface area contributed by atoms with Crippen molar-refractivity contribution in [3.05, 3.63) is 94.8 Å². The zero-order valence-electron chi connectivity index (χ0n) is 32.6. The van der Waals surface area contributed by atoms with Gasteiger partial charge in [-0.25, -0.2) is 24.7 Å². The van der Waals surface area contributed by atoms with Crippen LogP contribution in [-0.2, 0) is 0 Å². The molecule has 7 rings (SSSR count). The lowest BCUT2D eigenvalue weighted by Crippen LogP contribution is -2.16. The van der Waals surface area contributed by atoms with Crippen LogP contribution < -0.4 is 10.6 Å². The van der Waals surface area contributed by atoms with E-state index >= 15 is 0 Å². The van der Waals surface area contributed by atoms with Gasteiger partial charge in [0, 0.05) is 48.6 Å². The molecule has 0 amide bonds. The first-order chi connectivity index (χ1) is 28.3. The molecule has 0 saturated heterocycles. The van der Waals surface area contributed by atoms with Gasteiger partial charge in [-0.1, -0.05) is 25.1 Å². The van der Waals surface area contributed by atoms with Crippen molar-refractivity contribution in [2.24, 2.45) is 5.41 Å². The van der Waals surface area contributed by atoms with Gasteiger partial charge in [0.1, 0.15) is 11.4 Å². The Balaban J connectivity index is 0.000000203. The molecule has 0 radical (unpaired) electrons. The summed E-state index contributed by atoms with van der Waals surface area (Å²) in [5.74, 6) is 4.25. The Labute approximate surface area is 340 Å². The number of nitrogens with zero attached hydrogens (tertiary/aromatic N) is 6. The fraction of sp³-hybridized carbons (Fsp3) is 0.302. The van der Waals surface area contributed by atoms with Gasteiger partial charge in [0.25, 0.3) is 0 Å². The van der Waals surface area contributed by atoms with Gasteiger partial charge in [-0.2, -0.15) is 26.3 Å². The molecule has 310 valence electrons. The number of imidazole rings is 2. The number of halogens is 6. The van der Waals surface area contributed by atoms with E-state index in [4.69, 9.17) is 18.0 Å². The van der Waals surface area contributed by atoms with E-state index in [2.05, 4.69) is 49.3 Å². The maximum atomic E-state index is 12.7. The maximum absolute atomic E-state index is 12.7. The number of fused-ring (bicyclic) bond motifs is 2. The Hall–Kier alpha value is -6.88. The molecule has 4 heterocycles. The van der Waals surface area contributed by atoms with Crippen LogP contribution in [0.1, 0.15) is 82.3 Å². The van der Waals surface area contributed by atoms with Crippen LogP contribution >= 0.6 is 0 Å². The Bertz CT molecular complexity index is 2700. The second kappa shape index (κ2) is 16.8. The summed E-state index contributed by atoms with van der Waals surface area (Å²) in [5, 5.41) is 14.5. The SMILES string of the molecule is C#Cc1cn2c(-c3ccc(C(=O)CC4(C)CC4)c(C)c3)cnc2c(NCCC(F)(F)F)n1.C#Cc1cn2c(-c3ccc(C(=O)O)c(C)c3)cnc2c(NCCC(F)(F)F)n1. The summed E-state index contributed by atoms with van der Waals surface area (Å²) in [5.41, 5.74) is 6.44.